The maximum absolute atomic E-state index is 4.70. The predicted molar refractivity (Wildman–Crippen MR) is 88.4 cm³/mol. The number of rotatable bonds is 2. The normalized spacial score (nSPS) is 11.0. The molecule has 0 amide bonds. The van der Waals surface area contributed by atoms with Gasteiger partial charge < -0.3 is 0 Å². The molecule has 2 aromatic heterocycles. The first kappa shape index (κ1) is 11.8. The molecule has 20 heavy (non-hydrogen) atoms. The highest BCUT2D eigenvalue weighted by molar-refractivity contribution is 7.21. The van der Waals surface area contributed by atoms with Gasteiger partial charge in [-0.25, -0.2) is 4.98 Å². The Labute approximate surface area is 125 Å². The van der Waals surface area contributed by atoms with Crippen LogP contribution in [-0.4, -0.2) is 4.98 Å². The molecule has 0 N–H and O–H groups in total. The molecule has 0 aliphatic carbocycles. The zero-order chi connectivity index (χ0) is 13.4. The Bertz CT molecular complexity index is 809. The Hall–Kier alpha value is -1.97. The molecule has 0 aliphatic rings. The molecule has 0 unspecified atom stereocenters. The summed E-state index contributed by atoms with van der Waals surface area (Å²) in [7, 11) is 0. The first-order valence-electron chi connectivity index (χ1n) is 6.40. The second-order valence-corrected chi connectivity index (χ2v) is 6.52. The van der Waals surface area contributed by atoms with Crippen molar-refractivity contribution in [2.75, 3.05) is 0 Å². The van der Waals surface area contributed by atoms with Crippen LogP contribution in [0.1, 0.15) is 0 Å². The Morgan fingerprint density at radius 1 is 0.750 bits per heavy atom. The standard InChI is InChI=1S/C17H11NS2/c1-2-5-16-14(4-1)18-17(20-16)13-9-7-12(8-10-13)15-6-3-11-19-15/h1-11H. The fourth-order valence-electron chi connectivity index (χ4n) is 2.22. The third-order valence-electron chi connectivity index (χ3n) is 3.23. The average molecular weight is 293 g/mol. The van der Waals surface area contributed by atoms with Gasteiger partial charge in [-0.3, -0.25) is 0 Å². The SMILES string of the molecule is c1csc(-c2ccc(-c3nc4ccccc4s3)cc2)c1. The molecule has 0 bridgehead atoms. The first-order valence-corrected chi connectivity index (χ1v) is 8.10. The lowest BCUT2D eigenvalue weighted by molar-refractivity contribution is 1.48. The predicted octanol–water partition coefficient (Wildman–Crippen LogP) is 5.69. The van der Waals surface area contributed by atoms with E-state index in [1.165, 1.54) is 20.7 Å². The Morgan fingerprint density at radius 2 is 1.55 bits per heavy atom. The molecule has 0 fully saturated rings. The van der Waals surface area contributed by atoms with Crippen LogP contribution < -0.4 is 0 Å². The quantitative estimate of drug-likeness (QED) is 0.462. The van der Waals surface area contributed by atoms with E-state index in [4.69, 9.17) is 4.98 Å². The van der Waals surface area contributed by atoms with Crippen LogP contribution in [0.15, 0.2) is 66.0 Å². The van der Waals surface area contributed by atoms with Crippen molar-refractivity contribution >= 4 is 32.9 Å². The molecule has 4 aromatic rings. The molecule has 0 aliphatic heterocycles. The lowest BCUT2D eigenvalue weighted by atomic mass is 10.1. The van der Waals surface area contributed by atoms with Crippen LogP contribution in [-0.2, 0) is 0 Å². The van der Waals surface area contributed by atoms with E-state index in [9.17, 15) is 0 Å². The zero-order valence-corrected chi connectivity index (χ0v) is 12.2. The van der Waals surface area contributed by atoms with Crippen molar-refractivity contribution in [3.05, 3.63) is 66.0 Å². The number of benzene rings is 2. The van der Waals surface area contributed by atoms with Gasteiger partial charge in [0.25, 0.3) is 0 Å². The van der Waals surface area contributed by atoms with E-state index in [1.807, 2.05) is 6.07 Å². The number of thiophene rings is 1. The molecule has 1 nitrogen and oxygen atoms in total. The van der Waals surface area contributed by atoms with Crippen LogP contribution in [0.5, 0.6) is 0 Å². The minimum atomic E-state index is 1.08. The maximum Gasteiger partial charge on any atom is 0.124 e. The van der Waals surface area contributed by atoms with Crippen molar-refractivity contribution in [3.8, 4) is 21.0 Å². The third-order valence-corrected chi connectivity index (χ3v) is 5.24. The van der Waals surface area contributed by atoms with Gasteiger partial charge in [0.2, 0.25) is 0 Å². The Balaban J connectivity index is 1.75. The maximum atomic E-state index is 4.70. The van der Waals surface area contributed by atoms with E-state index < -0.39 is 0 Å². The molecule has 3 heteroatoms. The van der Waals surface area contributed by atoms with E-state index in [1.54, 1.807) is 22.7 Å². The third kappa shape index (κ3) is 2.05. The van der Waals surface area contributed by atoms with Crippen molar-refractivity contribution in [2.24, 2.45) is 0 Å². The van der Waals surface area contributed by atoms with E-state index in [-0.39, 0.29) is 0 Å². The molecular weight excluding hydrogens is 282 g/mol. The average Bonchev–Trinajstić information content (AvgIpc) is 3.17. The lowest BCUT2D eigenvalue weighted by Crippen LogP contribution is -1.77. The zero-order valence-electron chi connectivity index (χ0n) is 10.6. The molecule has 2 heterocycles. The Kier molecular flexibility index (Phi) is 2.87. The van der Waals surface area contributed by atoms with E-state index in [2.05, 4.69) is 60.0 Å². The number of hydrogen-bond donors (Lipinski definition) is 0. The number of thiazole rings is 1. The first-order chi connectivity index (χ1) is 9.90. The van der Waals surface area contributed by atoms with Crippen LogP contribution in [0.25, 0.3) is 31.2 Å². The van der Waals surface area contributed by atoms with Gasteiger partial charge in [0.1, 0.15) is 5.01 Å². The summed E-state index contributed by atoms with van der Waals surface area (Å²) in [5.74, 6) is 0. The van der Waals surface area contributed by atoms with Crippen LogP contribution in [0.4, 0.5) is 0 Å². The van der Waals surface area contributed by atoms with Gasteiger partial charge in [0, 0.05) is 10.4 Å². The Morgan fingerprint density at radius 3 is 2.30 bits per heavy atom. The van der Waals surface area contributed by atoms with Crippen LogP contribution in [0, 0.1) is 0 Å². The minimum absolute atomic E-state index is 1.08. The van der Waals surface area contributed by atoms with Gasteiger partial charge in [0.15, 0.2) is 0 Å². The van der Waals surface area contributed by atoms with Gasteiger partial charge >= 0.3 is 0 Å². The van der Waals surface area contributed by atoms with Crippen molar-refractivity contribution in [3.63, 3.8) is 0 Å². The van der Waals surface area contributed by atoms with Gasteiger partial charge in [-0.15, -0.1) is 22.7 Å². The number of para-hydroxylation sites is 1. The van der Waals surface area contributed by atoms with Gasteiger partial charge in [-0.1, -0.05) is 42.5 Å². The topological polar surface area (TPSA) is 12.9 Å². The summed E-state index contributed by atoms with van der Waals surface area (Å²) in [5.41, 5.74) is 3.53. The number of fused-ring (bicyclic) bond motifs is 1. The summed E-state index contributed by atoms with van der Waals surface area (Å²) < 4.78 is 1.24. The fraction of sp³-hybridized carbons (Fsp3) is 0. The van der Waals surface area contributed by atoms with Crippen molar-refractivity contribution in [1.29, 1.82) is 0 Å². The highest BCUT2D eigenvalue weighted by atomic mass is 32.1. The second kappa shape index (κ2) is 4.85. The molecule has 4 rings (SSSR count). The minimum Gasteiger partial charge on any atom is -0.236 e. The van der Waals surface area contributed by atoms with Crippen LogP contribution >= 0.6 is 22.7 Å². The molecule has 2 aromatic carbocycles. The molecular formula is C17H11NS2. The molecule has 0 saturated heterocycles. The molecule has 0 atom stereocenters. The highest BCUT2D eigenvalue weighted by Gasteiger charge is 2.06. The smallest absolute Gasteiger partial charge is 0.124 e. The summed E-state index contributed by atoms with van der Waals surface area (Å²) in [4.78, 5) is 6.00. The van der Waals surface area contributed by atoms with E-state index in [0.717, 1.165) is 10.5 Å². The van der Waals surface area contributed by atoms with Crippen molar-refractivity contribution < 1.29 is 0 Å². The molecule has 0 radical (unpaired) electrons. The molecule has 0 spiro atoms. The summed E-state index contributed by atoms with van der Waals surface area (Å²) in [5, 5.41) is 3.19. The number of hydrogen-bond acceptors (Lipinski definition) is 3. The molecule has 96 valence electrons. The van der Waals surface area contributed by atoms with Gasteiger partial charge in [0.05, 0.1) is 10.2 Å². The number of nitrogens with zero attached hydrogens (tertiary/aromatic N) is 1. The second-order valence-electron chi connectivity index (χ2n) is 4.54. The van der Waals surface area contributed by atoms with Crippen molar-refractivity contribution in [1.82, 2.24) is 4.98 Å². The van der Waals surface area contributed by atoms with Gasteiger partial charge in [-0.05, 0) is 29.1 Å². The highest BCUT2D eigenvalue weighted by Crippen LogP contribution is 2.32. The lowest BCUT2D eigenvalue weighted by Gasteiger charge is -1.99. The summed E-state index contributed by atoms with van der Waals surface area (Å²) in [6, 6.07) is 21.2. The van der Waals surface area contributed by atoms with Crippen molar-refractivity contribution in [2.45, 2.75) is 0 Å². The summed E-state index contributed by atoms with van der Waals surface area (Å²) >= 11 is 3.51. The van der Waals surface area contributed by atoms with E-state index >= 15 is 0 Å². The van der Waals surface area contributed by atoms with Crippen LogP contribution in [0.2, 0.25) is 0 Å². The summed E-state index contributed by atoms with van der Waals surface area (Å²) in [6.45, 7) is 0. The van der Waals surface area contributed by atoms with E-state index in [0.29, 0.717) is 0 Å². The number of aromatic nitrogens is 1. The van der Waals surface area contributed by atoms with Gasteiger partial charge in [-0.2, -0.15) is 0 Å². The largest absolute Gasteiger partial charge is 0.236 e. The monoisotopic (exact) mass is 293 g/mol. The van der Waals surface area contributed by atoms with Crippen LogP contribution in [0.3, 0.4) is 0 Å². The molecule has 0 saturated carbocycles. The fourth-order valence-corrected chi connectivity index (χ4v) is 3.92. The summed E-state index contributed by atoms with van der Waals surface area (Å²) in [6.07, 6.45) is 0.